The fourth-order valence-electron chi connectivity index (χ4n) is 4.70. The summed E-state index contributed by atoms with van der Waals surface area (Å²) in [7, 11) is 0. The van der Waals surface area contributed by atoms with Gasteiger partial charge < -0.3 is 0 Å². The Balaban J connectivity index is 1.31. The van der Waals surface area contributed by atoms with Crippen LogP contribution < -0.4 is 0 Å². The average molecular weight is 765 g/mol. The Labute approximate surface area is 277 Å². The summed E-state index contributed by atoms with van der Waals surface area (Å²) in [6.07, 6.45) is 7.19. The van der Waals surface area contributed by atoms with Crippen molar-refractivity contribution in [3.8, 4) is 48.8 Å². The molecule has 0 nitrogen and oxygen atoms in total. The molecule has 0 atom stereocenters. The van der Waals surface area contributed by atoms with E-state index in [4.69, 9.17) is 0 Å². The molecule has 0 aliphatic rings. The van der Waals surface area contributed by atoms with E-state index in [1.807, 2.05) is 68.0 Å². The van der Waals surface area contributed by atoms with Crippen LogP contribution in [0.25, 0.3) is 48.8 Å². The Morgan fingerprint density at radius 1 is 0.450 bits per heavy atom. The second kappa shape index (κ2) is 13.2. The van der Waals surface area contributed by atoms with E-state index < -0.39 is 0 Å². The zero-order valence-electron chi connectivity index (χ0n) is 22.2. The second-order valence-corrected chi connectivity index (χ2v) is 18.9. The predicted octanol–water partition coefficient (Wildman–Crippen LogP) is 14.6. The fourth-order valence-corrected chi connectivity index (χ4v) is 12.4. The Kier molecular flexibility index (Phi) is 9.66. The topological polar surface area (TPSA) is 0 Å². The second-order valence-electron chi connectivity index (χ2n) is 9.67. The van der Waals surface area contributed by atoms with E-state index in [1.165, 1.54) is 93.2 Å². The molecule has 0 aromatic carbocycles. The first kappa shape index (κ1) is 29.2. The van der Waals surface area contributed by atoms with Crippen LogP contribution in [0.3, 0.4) is 0 Å². The van der Waals surface area contributed by atoms with Crippen molar-refractivity contribution in [3.05, 3.63) is 79.4 Å². The van der Waals surface area contributed by atoms with Crippen LogP contribution in [-0.2, 0) is 12.8 Å². The molecule has 6 heterocycles. The van der Waals surface area contributed by atoms with Crippen LogP contribution in [0.5, 0.6) is 0 Å². The third kappa shape index (κ3) is 6.40. The molecule has 0 aliphatic heterocycles. The molecule has 6 rings (SSSR count). The number of thiophene rings is 6. The largest absolute Gasteiger partial charge is 0.134 e. The van der Waals surface area contributed by atoms with Crippen LogP contribution in [-0.4, -0.2) is 0 Å². The fraction of sp³-hybridized carbons (Fsp3) is 0.250. The molecule has 0 bridgehead atoms. The zero-order valence-corrected chi connectivity index (χ0v) is 30.3. The van der Waals surface area contributed by atoms with Gasteiger partial charge in [-0.15, -0.1) is 68.0 Å². The van der Waals surface area contributed by atoms with E-state index in [0.717, 1.165) is 12.8 Å². The Morgan fingerprint density at radius 3 is 1.20 bits per heavy atom. The van der Waals surface area contributed by atoms with Crippen molar-refractivity contribution >= 4 is 99.9 Å². The molecule has 0 spiro atoms. The van der Waals surface area contributed by atoms with E-state index in [-0.39, 0.29) is 0 Å². The first-order chi connectivity index (χ1) is 19.5. The molecular weight excluding hydrogens is 737 g/mol. The van der Waals surface area contributed by atoms with Crippen LogP contribution in [0.1, 0.15) is 50.7 Å². The first-order valence-corrected chi connectivity index (χ1v) is 20.0. The zero-order chi connectivity index (χ0) is 27.6. The lowest BCUT2D eigenvalue weighted by Gasteiger charge is -2.00. The Bertz CT molecular complexity index is 1590. The smallest absolute Gasteiger partial charge is 0.0705 e. The molecule has 8 heteroatoms. The minimum atomic E-state index is 1.15. The summed E-state index contributed by atoms with van der Waals surface area (Å²) in [6.45, 7) is 4.56. The summed E-state index contributed by atoms with van der Waals surface area (Å²) in [6, 6.07) is 23.0. The first-order valence-electron chi connectivity index (χ1n) is 13.5. The van der Waals surface area contributed by atoms with E-state index >= 15 is 0 Å². The molecule has 0 radical (unpaired) electrons. The number of hydrogen-bond acceptors (Lipinski definition) is 6. The summed E-state index contributed by atoms with van der Waals surface area (Å²) in [5, 5.41) is 0. The quantitative estimate of drug-likeness (QED) is 0.123. The van der Waals surface area contributed by atoms with Gasteiger partial charge >= 0.3 is 0 Å². The van der Waals surface area contributed by atoms with Crippen LogP contribution in [0.15, 0.2) is 68.2 Å². The lowest BCUT2D eigenvalue weighted by molar-refractivity contribution is 0.798. The van der Waals surface area contributed by atoms with Crippen LogP contribution >= 0.6 is 99.9 Å². The molecule has 0 saturated heterocycles. The van der Waals surface area contributed by atoms with E-state index in [0.29, 0.717) is 0 Å². The number of aryl methyl sites for hydroxylation is 2. The van der Waals surface area contributed by atoms with Crippen molar-refractivity contribution in [2.75, 3.05) is 0 Å². The van der Waals surface area contributed by atoms with Gasteiger partial charge in [0.2, 0.25) is 0 Å². The van der Waals surface area contributed by atoms with Crippen molar-refractivity contribution in [2.24, 2.45) is 0 Å². The molecule has 0 saturated carbocycles. The monoisotopic (exact) mass is 762 g/mol. The van der Waals surface area contributed by atoms with Crippen molar-refractivity contribution in [1.29, 1.82) is 0 Å². The van der Waals surface area contributed by atoms with Gasteiger partial charge in [0.05, 0.1) is 7.57 Å². The summed E-state index contributed by atoms with van der Waals surface area (Å²) in [5.74, 6) is 0. The molecule has 40 heavy (non-hydrogen) atoms. The molecule has 206 valence electrons. The highest BCUT2D eigenvalue weighted by molar-refractivity contribution is 9.11. The van der Waals surface area contributed by atoms with E-state index in [1.54, 1.807) is 0 Å². The van der Waals surface area contributed by atoms with Crippen LogP contribution in [0.2, 0.25) is 0 Å². The van der Waals surface area contributed by atoms with E-state index in [2.05, 4.69) is 106 Å². The van der Waals surface area contributed by atoms with Gasteiger partial charge in [0.15, 0.2) is 0 Å². The summed E-state index contributed by atoms with van der Waals surface area (Å²) >= 11 is 18.7. The highest BCUT2D eigenvalue weighted by atomic mass is 79.9. The molecule has 0 fully saturated rings. The molecule has 6 aromatic heterocycles. The lowest BCUT2D eigenvalue weighted by Crippen LogP contribution is -1.83. The SMILES string of the molecule is CCCCc1cc(-c2ccc(Br)s2)sc1-c1ccc(-c2ccc(-c3sc(-c4ccc(Br)s4)cc3CCCC)s2)s1. The van der Waals surface area contributed by atoms with Gasteiger partial charge in [0.25, 0.3) is 0 Å². The van der Waals surface area contributed by atoms with Gasteiger partial charge in [-0.2, -0.15) is 0 Å². The minimum absolute atomic E-state index is 1.15. The molecule has 6 aromatic rings. The number of unbranched alkanes of at least 4 members (excludes halogenated alkanes) is 2. The normalized spacial score (nSPS) is 11.6. The minimum Gasteiger partial charge on any atom is -0.134 e. The molecular formula is C32H28Br2S6. The van der Waals surface area contributed by atoms with Crippen molar-refractivity contribution in [1.82, 2.24) is 0 Å². The van der Waals surface area contributed by atoms with Crippen molar-refractivity contribution in [3.63, 3.8) is 0 Å². The highest BCUT2D eigenvalue weighted by Crippen LogP contribution is 2.48. The van der Waals surface area contributed by atoms with E-state index in [9.17, 15) is 0 Å². The maximum atomic E-state index is 3.65. The molecule has 0 unspecified atom stereocenters. The number of rotatable bonds is 11. The highest BCUT2D eigenvalue weighted by Gasteiger charge is 2.18. The maximum absolute atomic E-state index is 3.65. The number of halogens is 2. The van der Waals surface area contributed by atoms with Gasteiger partial charge in [-0.3, -0.25) is 0 Å². The molecule has 0 amide bonds. The van der Waals surface area contributed by atoms with Gasteiger partial charge in [-0.05, 0) is 129 Å². The maximum Gasteiger partial charge on any atom is 0.0705 e. The molecule has 0 N–H and O–H groups in total. The summed E-state index contributed by atoms with van der Waals surface area (Å²) in [4.78, 5) is 13.9. The van der Waals surface area contributed by atoms with Crippen LogP contribution in [0.4, 0.5) is 0 Å². The van der Waals surface area contributed by atoms with Gasteiger partial charge in [0, 0.05) is 48.8 Å². The van der Waals surface area contributed by atoms with Crippen molar-refractivity contribution in [2.45, 2.75) is 52.4 Å². The lowest BCUT2D eigenvalue weighted by atomic mass is 10.1. The Morgan fingerprint density at radius 2 is 0.825 bits per heavy atom. The van der Waals surface area contributed by atoms with Gasteiger partial charge in [-0.25, -0.2) is 0 Å². The molecule has 0 aliphatic carbocycles. The number of hydrogen-bond donors (Lipinski definition) is 0. The Hall–Kier alpha value is -0.840. The third-order valence-corrected chi connectivity index (χ3v) is 15.5. The van der Waals surface area contributed by atoms with Crippen molar-refractivity contribution < 1.29 is 0 Å². The van der Waals surface area contributed by atoms with Gasteiger partial charge in [0.1, 0.15) is 0 Å². The third-order valence-electron chi connectivity index (χ3n) is 6.75. The van der Waals surface area contributed by atoms with Crippen LogP contribution in [0, 0.1) is 0 Å². The summed E-state index contributed by atoms with van der Waals surface area (Å²) < 4.78 is 2.39. The predicted molar refractivity (Wildman–Crippen MR) is 194 cm³/mol. The van der Waals surface area contributed by atoms with Gasteiger partial charge in [-0.1, -0.05) is 26.7 Å². The standard InChI is InChI=1S/C32H28Br2S6/c1-3-5-7-19-17-27(23-13-15-29(33)37-23)39-31(19)25-11-9-21(35-25)22-10-12-26(36-22)32-20(8-6-4-2)18-28(40-32)24-14-16-30(34)38-24/h9-18H,3-8H2,1-2H3. The summed E-state index contributed by atoms with van der Waals surface area (Å²) in [5.41, 5.74) is 3.00. The average Bonchev–Trinajstić information content (AvgIpc) is 3.78.